The summed E-state index contributed by atoms with van der Waals surface area (Å²) in [5, 5.41) is 11.4. The number of nitrogens with zero attached hydrogens (tertiary/aromatic N) is 3. The molecule has 0 spiro atoms. The van der Waals surface area contributed by atoms with Crippen molar-refractivity contribution in [1.29, 1.82) is 0 Å². The van der Waals surface area contributed by atoms with Crippen LogP contribution in [0.5, 0.6) is 0 Å². The molecule has 0 fully saturated rings. The van der Waals surface area contributed by atoms with Crippen molar-refractivity contribution in [1.82, 2.24) is 20.1 Å². The molecule has 1 aromatic heterocycles. The molecule has 1 N–H and O–H groups in total. The number of hydrogen-bond acceptors (Lipinski definition) is 4. The average Bonchev–Trinajstić information content (AvgIpc) is 2.75. The molecule has 0 bridgehead atoms. The van der Waals surface area contributed by atoms with Crippen LogP contribution in [0.25, 0.3) is 0 Å². The van der Waals surface area contributed by atoms with Crippen LogP contribution >= 0.6 is 0 Å². The smallest absolute Gasteiger partial charge is 0.132 e. The number of aryl methyl sites for hydroxylation is 1. The van der Waals surface area contributed by atoms with Gasteiger partial charge < -0.3 is 14.6 Å². The number of ether oxygens (including phenoxy) is 1. The van der Waals surface area contributed by atoms with Gasteiger partial charge in [0.05, 0.1) is 6.61 Å². The zero-order valence-corrected chi connectivity index (χ0v) is 10.4. The van der Waals surface area contributed by atoms with E-state index >= 15 is 0 Å². The first-order valence-corrected chi connectivity index (χ1v) is 5.90. The lowest BCUT2D eigenvalue weighted by molar-refractivity contribution is 0.164. The lowest BCUT2D eigenvalue weighted by Gasteiger charge is -2.16. The monoisotopic (exact) mass is 226 g/mol. The number of methoxy groups -OCH3 is 1. The van der Waals surface area contributed by atoms with Gasteiger partial charge in [-0.3, -0.25) is 0 Å². The first kappa shape index (κ1) is 13.1. The SMILES string of the molecule is CCc1nncn1CCNC(CC)COC. The quantitative estimate of drug-likeness (QED) is 0.714. The third-order valence-electron chi connectivity index (χ3n) is 2.66. The van der Waals surface area contributed by atoms with E-state index in [1.807, 2.05) is 0 Å². The maximum absolute atomic E-state index is 5.13. The Kier molecular flexibility index (Phi) is 6.03. The third-order valence-corrected chi connectivity index (χ3v) is 2.66. The van der Waals surface area contributed by atoms with E-state index in [0.29, 0.717) is 6.04 Å². The second-order valence-corrected chi connectivity index (χ2v) is 3.81. The van der Waals surface area contributed by atoms with E-state index < -0.39 is 0 Å². The van der Waals surface area contributed by atoms with Crippen molar-refractivity contribution in [2.75, 3.05) is 20.3 Å². The highest BCUT2D eigenvalue weighted by Crippen LogP contribution is 1.96. The molecule has 1 heterocycles. The van der Waals surface area contributed by atoms with Crippen LogP contribution in [0, 0.1) is 0 Å². The highest BCUT2D eigenvalue weighted by Gasteiger charge is 2.05. The molecule has 0 aliphatic heterocycles. The largest absolute Gasteiger partial charge is 0.383 e. The zero-order valence-electron chi connectivity index (χ0n) is 10.4. The minimum Gasteiger partial charge on any atom is -0.383 e. The normalized spacial score (nSPS) is 12.9. The molecule has 0 aliphatic carbocycles. The summed E-state index contributed by atoms with van der Waals surface area (Å²) in [5.41, 5.74) is 0. The van der Waals surface area contributed by atoms with Crippen molar-refractivity contribution in [3.8, 4) is 0 Å². The Balaban J connectivity index is 2.29. The lowest BCUT2D eigenvalue weighted by atomic mass is 10.2. The highest BCUT2D eigenvalue weighted by molar-refractivity contribution is 4.84. The fraction of sp³-hybridized carbons (Fsp3) is 0.818. The molecule has 0 amide bonds. The first-order valence-electron chi connectivity index (χ1n) is 5.90. The van der Waals surface area contributed by atoms with Crippen molar-refractivity contribution in [3.63, 3.8) is 0 Å². The second-order valence-electron chi connectivity index (χ2n) is 3.81. The van der Waals surface area contributed by atoms with Crippen LogP contribution in [-0.2, 0) is 17.7 Å². The van der Waals surface area contributed by atoms with Gasteiger partial charge in [-0.15, -0.1) is 10.2 Å². The molecule has 1 atom stereocenters. The van der Waals surface area contributed by atoms with Gasteiger partial charge in [-0.25, -0.2) is 0 Å². The van der Waals surface area contributed by atoms with Gasteiger partial charge in [-0.2, -0.15) is 0 Å². The molecule has 0 saturated carbocycles. The standard InChI is InChI=1S/C11H22N4O/c1-4-10(8-16-3)12-6-7-15-9-13-14-11(15)5-2/h9-10,12H,4-8H2,1-3H3. The second kappa shape index (κ2) is 7.35. The Morgan fingerprint density at radius 1 is 1.50 bits per heavy atom. The van der Waals surface area contributed by atoms with E-state index in [9.17, 15) is 0 Å². The Hall–Kier alpha value is -0.940. The van der Waals surface area contributed by atoms with Crippen molar-refractivity contribution in [2.45, 2.75) is 39.3 Å². The number of hydrogen-bond donors (Lipinski definition) is 1. The van der Waals surface area contributed by atoms with Crippen LogP contribution in [-0.4, -0.2) is 41.1 Å². The molecule has 1 unspecified atom stereocenters. The maximum Gasteiger partial charge on any atom is 0.132 e. The van der Waals surface area contributed by atoms with Crippen LogP contribution in [0.15, 0.2) is 6.33 Å². The molecular formula is C11H22N4O. The fourth-order valence-electron chi connectivity index (χ4n) is 1.65. The zero-order chi connectivity index (χ0) is 11.8. The van der Waals surface area contributed by atoms with Gasteiger partial charge in [-0.05, 0) is 6.42 Å². The van der Waals surface area contributed by atoms with Gasteiger partial charge in [0, 0.05) is 32.7 Å². The predicted molar refractivity (Wildman–Crippen MR) is 63.4 cm³/mol. The van der Waals surface area contributed by atoms with E-state index in [-0.39, 0.29) is 0 Å². The van der Waals surface area contributed by atoms with E-state index in [2.05, 4.69) is 33.9 Å². The van der Waals surface area contributed by atoms with E-state index in [1.54, 1.807) is 13.4 Å². The molecule has 5 nitrogen and oxygen atoms in total. The first-order chi connectivity index (χ1) is 7.81. The van der Waals surface area contributed by atoms with Gasteiger partial charge in [-0.1, -0.05) is 13.8 Å². The molecule has 1 rings (SSSR count). The van der Waals surface area contributed by atoms with E-state index in [1.165, 1.54) is 0 Å². The Morgan fingerprint density at radius 3 is 2.94 bits per heavy atom. The van der Waals surface area contributed by atoms with Gasteiger partial charge in [0.15, 0.2) is 0 Å². The summed E-state index contributed by atoms with van der Waals surface area (Å²) in [6.45, 7) is 6.85. The summed E-state index contributed by atoms with van der Waals surface area (Å²) in [6, 6.07) is 0.437. The Labute approximate surface area is 97.2 Å². The summed E-state index contributed by atoms with van der Waals surface area (Å²) in [6.07, 6.45) is 3.80. The van der Waals surface area contributed by atoms with Crippen molar-refractivity contribution in [2.24, 2.45) is 0 Å². The predicted octanol–water partition coefficient (Wildman–Crippen LogP) is 0.855. The van der Waals surface area contributed by atoms with E-state index in [0.717, 1.165) is 38.4 Å². The average molecular weight is 226 g/mol. The summed E-state index contributed by atoms with van der Waals surface area (Å²) >= 11 is 0. The van der Waals surface area contributed by atoms with Crippen molar-refractivity contribution < 1.29 is 4.74 Å². The minimum absolute atomic E-state index is 0.437. The van der Waals surface area contributed by atoms with Crippen molar-refractivity contribution >= 4 is 0 Å². The Bertz CT molecular complexity index is 287. The number of aromatic nitrogens is 3. The molecule has 1 aromatic rings. The van der Waals surface area contributed by atoms with Crippen LogP contribution in [0.3, 0.4) is 0 Å². The molecule has 0 saturated heterocycles. The number of rotatable bonds is 8. The van der Waals surface area contributed by atoms with Gasteiger partial charge >= 0.3 is 0 Å². The molecule has 92 valence electrons. The van der Waals surface area contributed by atoms with Crippen LogP contribution in [0.4, 0.5) is 0 Å². The summed E-state index contributed by atoms with van der Waals surface area (Å²) < 4.78 is 7.22. The summed E-state index contributed by atoms with van der Waals surface area (Å²) in [4.78, 5) is 0. The molecular weight excluding hydrogens is 204 g/mol. The molecule has 0 radical (unpaired) electrons. The molecule has 16 heavy (non-hydrogen) atoms. The maximum atomic E-state index is 5.13. The molecule has 0 aliphatic rings. The van der Waals surface area contributed by atoms with Gasteiger partial charge in [0.1, 0.15) is 12.2 Å². The lowest BCUT2D eigenvalue weighted by Crippen LogP contribution is -2.34. The minimum atomic E-state index is 0.437. The fourth-order valence-corrected chi connectivity index (χ4v) is 1.65. The molecule has 5 heteroatoms. The van der Waals surface area contributed by atoms with Crippen LogP contribution < -0.4 is 5.32 Å². The van der Waals surface area contributed by atoms with E-state index in [4.69, 9.17) is 4.74 Å². The third kappa shape index (κ3) is 3.90. The van der Waals surface area contributed by atoms with Crippen molar-refractivity contribution in [3.05, 3.63) is 12.2 Å². The topological polar surface area (TPSA) is 52.0 Å². The summed E-state index contributed by atoms with van der Waals surface area (Å²) in [7, 11) is 1.74. The number of nitrogens with one attached hydrogen (secondary N) is 1. The molecule has 0 aromatic carbocycles. The van der Waals surface area contributed by atoms with Gasteiger partial charge in [0.25, 0.3) is 0 Å². The summed E-state index contributed by atoms with van der Waals surface area (Å²) in [5.74, 6) is 1.04. The van der Waals surface area contributed by atoms with Crippen LogP contribution in [0.1, 0.15) is 26.1 Å². The Morgan fingerprint density at radius 2 is 2.31 bits per heavy atom. The van der Waals surface area contributed by atoms with Gasteiger partial charge in [0.2, 0.25) is 0 Å². The highest BCUT2D eigenvalue weighted by atomic mass is 16.5. The van der Waals surface area contributed by atoms with Crippen LogP contribution in [0.2, 0.25) is 0 Å².